The molecule has 0 aromatic rings. The lowest BCUT2D eigenvalue weighted by Gasteiger charge is -2.18. The van der Waals surface area contributed by atoms with Crippen molar-refractivity contribution in [2.45, 2.75) is 90.6 Å². The number of ether oxygens (including phenoxy) is 2. The Balaban J connectivity index is 3.89. The van der Waals surface area contributed by atoms with Crippen molar-refractivity contribution < 1.29 is 37.9 Å². The van der Waals surface area contributed by atoms with Crippen molar-refractivity contribution in [3.05, 3.63) is 12.2 Å². The third-order valence-electron chi connectivity index (χ3n) is 4.09. The lowest BCUT2D eigenvalue weighted by molar-refractivity contribution is -0.160. The van der Waals surface area contributed by atoms with Gasteiger partial charge in [-0.15, -0.1) is 0 Å². The van der Waals surface area contributed by atoms with Gasteiger partial charge in [-0.2, -0.15) is 0 Å². The number of hydrogen-bond acceptors (Lipinski definition) is 6. The first-order valence-electron chi connectivity index (χ1n) is 10.5. The number of unbranched alkanes of at least 4 members (excludes halogenated alkanes) is 7. The van der Waals surface area contributed by atoms with Crippen molar-refractivity contribution in [3.63, 3.8) is 0 Å². The molecule has 0 rings (SSSR count). The average Bonchev–Trinajstić information content (AvgIpc) is 2.67. The smallest absolute Gasteiger partial charge is 0.462 e. The minimum absolute atomic E-state index is 0.0916. The molecule has 0 aliphatic rings. The number of carbonyl (C=O) groups is 2. The molecule has 0 spiro atoms. The predicted molar refractivity (Wildman–Crippen MR) is 110 cm³/mol. The predicted octanol–water partition coefficient (Wildman–Crippen LogP) is 4.44. The maximum atomic E-state index is 11.8. The highest BCUT2D eigenvalue weighted by molar-refractivity contribution is 7.46. The lowest BCUT2D eigenvalue weighted by Crippen LogP contribution is -2.29. The third kappa shape index (κ3) is 19.9. The van der Waals surface area contributed by atoms with Gasteiger partial charge in [-0.1, -0.05) is 51.7 Å². The Labute approximate surface area is 174 Å². The SMILES string of the molecule is CCCCC/C=C\CCCCCCC(=O)OC[C@@H](COP(=O)(O)O)OC(=O)CC. The minimum atomic E-state index is -4.70. The summed E-state index contributed by atoms with van der Waals surface area (Å²) in [6, 6.07) is 0. The third-order valence-corrected chi connectivity index (χ3v) is 4.57. The monoisotopic (exact) mass is 436 g/mol. The average molecular weight is 436 g/mol. The van der Waals surface area contributed by atoms with Gasteiger partial charge in [0.2, 0.25) is 0 Å². The first-order valence-corrected chi connectivity index (χ1v) is 12.0. The van der Waals surface area contributed by atoms with Gasteiger partial charge in [0.05, 0.1) is 6.61 Å². The molecule has 0 aromatic carbocycles. The molecule has 0 bridgehead atoms. The molecule has 9 heteroatoms. The van der Waals surface area contributed by atoms with E-state index in [-0.39, 0.29) is 19.4 Å². The molecule has 29 heavy (non-hydrogen) atoms. The second-order valence-corrected chi connectivity index (χ2v) is 8.09. The minimum Gasteiger partial charge on any atom is -0.462 e. The first-order chi connectivity index (χ1) is 13.8. The summed E-state index contributed by atoms with van der Waals surface area (Å²) in [5.41, 5.74) is 0. The number of hydrogen-bond donors (Lipinski definition) is 2. The zero-order valence-corrected chi connectivity index (χ0v) is 18.6. The summed E-state index contributed by atoms with van der Waals surface area (Å²) in [6.07, 6.45) is 13.5. The Morgan fingerprint density at radius 1 is 0.897 bits per heavy atom. The summed E-state index contributed by atoms with van der Waals surface area (Å²) >= 11 is 0. The van der Waals surface area contributed by atoms with Crippen LogP contribution in [0.2, 0.25) is 0 Å². The van der Waals surface area contributed by atoms with E-state index in [1.54, 1.807) is 6.92 Å². The molecule has 0 fully saturated rings. The Hall–Kier alpha value is -1.21. The van der Waals surface area contributed by atoms with Crippen LogP contribution in [0.1, 0.15) is 84.5 Å². The van der Waals surface area contributed by atoms with Gasteiger partial charge in [-0.25, -0.2) is 4.57 Å². The second kappa shape index (κ2) is 17.6. The van der Waals surface area contributed by atoms with Crippen LogP contribution in [0.3, 0.4) is 0 Å². The topological polar surface area (TPSA) is 119 Å². The van der Waals surface area contributed by atoms with Crippen LogP contribution < -0.4 is 0 Å². The fourth-order valence-electron chi connectivity index (χ4n) is 2.46. The number of phosphoric acid groups is 1. The van der Waals surface area contributed by atoms with Crippen molar-refractivity contribution >= 4 is 19.8 Å². The molecule has 2 N–H and O–H groups in total. The number of esters is 2. The van der Waals surface area contributed by atoms with Crippen LogP contribution in [0.25, 0.3) is 0 Å². The first kappa shape index (κ1) is 27.8. The molecule has 0 radical (unpaired) electrons. The Bertz CT molecular complexity index is 515. The van der Waals surface area contributed by atoms with E-state index < -0.39 is 32.5 Å². The molecule has 0 aliphatic carbocycles. The molecular formula is C20H37O8P. The van der Waals surface area contributed by atoms with Gasteiger partial charge in [-0.3, -0.25) is 14.1 Å². The van der Waals surface area contributed by atoms with E-state index in [1.807, 2.05) is 0 Å². The molecule has 0 aliphatic heterocycles. The van der Waals surface area contributed by atoms with Crippen molar-refractivity contribution in [3.8, 4) is 0 Å². The van der Waals surface area contributed by atoms with E-state index >= 15 is 0 Å². The maximum absolute atomic E-state index is 11.8. The molecule has 0 saturated carbocycles. The number of allylic oxidation sites excluding steroid dienone is 2. The Morgan fingerprint density at radius 3 is 2.10 bits per heavy atom. The Kier molecular flexibility index (Phi) is 16.9. The maximum Gasteiger partial charge on any atom is 0.469 e. The van der Waals surface area contributed by atoms with E-state index in [2.05, 4.69) is 23.6 Å². The van der Waals surface area contributed by atoms with Crippen molar-refractivity contribution in [2.24, 2.45) is 0 Å². The number of rotatable bonds is 18. The van der Waals surface area contributed by atoms with Gasteiger partial charge in [-0.05, 0) is 32.1 Å². The highest BCUT2D eigenvalue weighted by Gasteiger charge is 2.22. The van der Waals surface area contributed by atoms with Gasteiger partial charge < -0.3 is 19.3 Å². The Morgan fingerprint density at radius 2 is 1.52 bits per heavy atom. The van der Waals surface area contributed by atoms with Crippen LogP contribution >= 0.6 is 7.82 Å². The molecule has 0 amide bonds. The normalized spacial score (nSPS) is 12.8. The molecular weight excluding hydrogens is 399 g/mol. The largest absolute Gasteiger partial charge is 0.469 e. The van der Waals surface area contributed by atoms with Gasteiger partial charge in [0.25, 0.3) is 0 Å². The molecule has 8 nitrogen and oxygen atoms in total. The quantitative estimate of drug-likeness (QED) is 0.140. The lowest BCUT2D eigenvalue weighted by atomic mass is 10.1. The summed E-state index contributed by atoms with van der Waals surface area (Å²) in [6.45, 7) is 2.93. The van der Waals surface area contributed by atoms with E-state index in [0.717, 1.165) is 32.1 Å². The van der Waals surface area contributed by atoms with E-state index in [9.17, 15) is 14.2 Å². The van der Waals surface area contributed by atoms with Crippen LogP contribution in [0, 0.1) is 0 Å². The van der Waals surface area contributed by atoms with Crippen LogP contribution in [0.4, 0.5) is 0 Å². The number of carbonyl (C=O) groups excluding carboxylic acids is 2. The van der Waals surface area contributed by atoms with Gasteiger partial charge >= 0.3 is 19.8 Å². The van der Waals surface area contributed by atoms with Crippen LogP contribution in [0.15, 0.2) is 12.2 Å². The number of phosphoric ester groups is 1. The molecule has 0 aromatic heterocycles. The highest BCUT2D eigenvalue weighted by Crippen LogP contribution is 2.35. The summed E-state index contributed by atoms with van der Waals surface area (Å²) in [4.78, 5) is 40.6. The van der Waals surface area contributed by atoms with Gasteiger partial charge in [0, 0.05) is 12.8 Å². The summed E-state index contributed by atoms with van der Waals surface area (Å²) in [5, 5.41) is 0. The fraction of sp³-hybridized carbons (Fsp3) is 0.800. The van der Waals surface area contributed by atoms with E-state index in [4.69, 9.17) is 19.3 Å². The zero-order chi connectivity index (χ0) is 22.0. The molecule has 0 heterocycles. The van der Waals surface area contributed by atoms with Crippen LogP contribution in [0.5, 0.6) is 0 Å². The molecule has 170 valence electrons. The van der Waals surface area contributed by atoms with Crippen molar-refractivity contribution in [1.82, 2.24) is 0 Å². The summed E-state index contributed by atoms with van der Waals surface area (Å²) < 4.78 is 25.1. The molecule has 0 saturated heterocycles. The standard InChI is InChI=1S/C20H37O8P/c1-3-5-6-7-8-9-10-11-12-13-14-15-20(22)26-16-18(28-19(21)4-2)17-27-29(23,24)25/h8-9,18H,3-7,10-17H2,1-2H3,(H2,23,24,25)/b9-8-/t18-/m0/s1. The highest BCUT2D eigenvalue weighted by atomic mass is 31.2. The van der Waals surface area contributed by atoms with Crippen molar-refractivity contribution in [1.29, 1.82) is 0 Å². The summed E-state index contributed by atoms with van der Waals surface area (Å²) in [7, 11) is -4.70. The zero-order valence-electron chi connectivity index (χ0n) is 17.7. The fourth-order valence-corrected chi connectivity index (χ4v) is 2.82. The van der Waals surface area contributed by atoms with E-state index in [0.29, 0.717) is 6.42 Å². The second-order valence-electron chi connectivity index (χ2n) is 6.85. The van der Waals surface area contributed by atoms with Crippen LogP contribution in [-0.2, 0) is 28.2 Å². The van der Waals surface area contributed by atoms with E-state index in [1.165, 1.54) is 19.3 Å². The molecule has 0 unspecified atom stereocenters. The van der Waals surface area contributed by atoms with Gasteiger partial charge in [0.15, 0.2) is 6.10 Å². The van der Waals surface area contributed by atoms with Gasteiger partial charge in [0.1, 0.15) is 6.61 Å². The van der Waals surface area contributed by atoms with Crippen LogP contribution in [-0.4, -0.2) is 41.0 Å². The molecule has 1 atom stereocenters. The summed E-state index contributed by atoms with van der Waals surface area (Å²) in [5.74, 6) is -1.01. The van der Waals surface area contributed by atoms with Crippen molar-refractivity contribution in [2.75, 3.05) is 13.2 Å².